The normalized spacial score (nSPS) is 10.4. The summed E-state index contributed by atoms with van der Waals surface area (Å²) < 4.78 is 1.15. The highest BCUT2D eigenvalue weighted by Crippen LogP contribution is 2.22. The van der Waals surface area contributed by atoms with E-state index in [-0.39, 0.29) is 0 Å². The van der Waals surface area contributed by atoms with Gasteiger partial charge in [-0.05, 0) is 34.5 Å². The van der Waals surface area contributed by atoms with Gasteiger partial charge in [0.25, 0.3) is 0 Å². The van der Waals surface area contributed by atoms with Crippen LogP contribution in [0.5, 0.6) is 0 Å². The zero-order valence-electron chi connectivity index (χ0n) is 8.90. The summed E-state index contributed by atoms with van der Waals surface area (Å²) in [5, 5.41) is 3.29. The number of hydrogen-bond donors (Lipinski definition) is 1. The molecular weight excluding hydrogens is 286 g/mol. The van der Waals surface area contributed by atoms with Crippen molar-refractivity contribution in [3.63, 3.8) is 0 Å². The minimum atomic E-state index is 0.802. The number of halogens is 1. The summed E-state index contributed by atoms with van der Waals surface area (Å²) in [5.41, 5.74) is 1.06. The molecule has 0 unspecified atom stereocenters. The summed E-state index contributed by atoms with van der Waals surface area (Å²) in [7, 11) is 0. The van der Waals surface area contributed by atoms with Crippen molar-refractivity contribution in [2.45, 2.75) is 19.9 Å². The number of aryl methyl sites for hydroxylation is 1. The van der Waals surface area contributed by atoms with Crippen molar-refractivity contribution in [1.29, 1.82) is 0 Å². The predicted octanol–water partition coefficient (Wildman–Crippen LogP) is 3.48. The first kappa shape index (κ1) is 11.5. The standard InChI is InChI=1S/C11H12BrN3S/c1-2-8-5-11(15-7-14-8)13-6-9-3-4-10(12)16-9/h3-5,7H,2,6H2,1H3,(H,13,14,15). The number of hydrogen-bond acceptors (Lipinski definition) is 4. The van der Waals surface area contributed by atoms with Crippen molar-refractivity contribution in [2.24, 2.45) is 0 Å². The fourth-order valence-electron chi connectivity index (χ4n) is 1.31. The summed E-state index contributed by atoms with van der Waals surface area (Å²) in [6, 6.07) is 6.14. The molecule has 0 aliphatic carbocycles. The van der Waals surface area contributed by atoms with Crippen LogP contribution in [0.3, 0.4) is 0 Å². The molecule has 0 atom stereocenters. The van der Waals surface area contributed by atoms with Crippen LogP contribution in [0.2, 0.25) is 0 Å². The first-order chi connectivity index (χ1) is 7.78. The molecule has 1 N–H and O–H groups in total. The number of anilines is 1. The van der Waals surface area contributed by atoms with Gasteiger partial charge in [0.2, 0.25) is 0 Å². The third kappa shape index (κ3) is 3.02. The van der Waals surface area contributed by atoms with Crippen molar-refractivity contribution in [3.05, 3.63) is 38.9 Å². The molecule has 2 rings (SSSR count). The summed E-state index contributed by atoms with van der Waals surface area (Å²) in [5.74, 6) is 0.886. The van der Waals surface area contributed by atoms with Gasteiger partial charge in [0.15, 0.2) is 0 Å². The van der Waals surface area contributed by atoms with Gasteiger partial charge in [-0.25, -0.2) is 9.97 Å². The number of nitrogens with one attached hydrogen (secondary N) is 1. The van der Waals surface area contributed by atoms with E-state index in [9.17, 15) is 0 Å². The van der Waals surface area contributed by atoms with Crippen LogP contribution in [-0.2, 0) is 13.0 Å². The van der Waals surface area contributed by atoms with Crippen LogP contribution >= 0.6 is 27.3 Å². The predicted molar refractivity (Wildman–Crippen MR) is 70.8 cm³/mol. The number of nitrogens with zero attached hydrogens (tertiary/aromatic N) is 2. The highest BCUT2D eigenvalue weighted by atomic mass is 79.9. The summed E-state index contributed by atoms with van der Waals surface area (Å²) in [4.78, 5) is 9.62. The molecule has 84 valence electrons. The van der Waals surface area contributed by atoms with E-state index < -0.39 is 0 Å². The SMILES string of the molecule is CCc1cc(NCc2ccc(Br)s2)ncn1. The van der Waals surface area contributed by atoms with E-state index >= 15 is 0 Å². The number of rotatable bonds is 4. The maximum atomic E-state index is 4.18. The second-order valence-electron chi connectivity index (χ2n) is 3.31. The van der Waals surface area contributed by atoms with Crippen molar-refractivity contribution in [3.8, 4) is 0 Å². The van der Waals surface area contributed by atoms with E-state index in [1.54, 1.807) is 17.7 Å². The molecule has 2 aromatic rings. The lowest BCUT2D eigenvalue weighted by Gasteiger charge is -2.04. The summed E-state index contributed by atoms with van der Waals surface area (Å²) in [6.45, 7) is 2.89. The smallest absolute Gasteiger partial charge is 0.129 e. The second-order valence-corrected chi connectivity index (χ2v) is 5.86. The van der Waals surface area contributed by atoms with Gasteiger partial charge in [0.05, 0.1) is 10.3 Å². The average Bonchev–Trinajstić information content (AvgIpc) is 2.73. The molecule has 0 bridgehead atoms. The van der Waals surface area contributed by atoms with E-state index in [0.29, 0.717) is 0 Å². The molecule has 16 heavy (non-hydrogen) atoms. The minimum Gasteiger partial charge on any atom is -0.365 e. The van der Waals surface area contributed by atoms with Crippen LogP contribution in [0.4, 0.5) is 5.82 Å². The van der Waals surface area contributed by atoms with Crippen LogP contribution in [0.1, 0.15) is 17.5 Å². The lowest BCUT2D eigenvalue weighted by Crippen LogP contribution is -2.01. The Balaban J connectivity index is 1.99. The first-order valence-corrected chi connectivity index (χ1v) is 6.68. The summed E-state index contributed by atoms with van der Waals surface area (Å²) in [6.07, 6.45) is 2.53. The van der Waals surface area contributed by atoms with Gasteiger partial charge < -0.3 is 5.32 Å². The Bertz CT molecular complexity index is 470. The Morgan fingerprint density at radius 1 is 1.38 bits per heavy atom. The molecule has 0 saturated heterocycles. The highest BCUT2D eigenvalue weighted by molar-refractivity contribution is 9.11. The molecule has 2 aromatic heterocycles. The monoisotopic (exact) mass is 297 g/mol. The van der Waals surface area contributed by atoms with Crippen LogP contribution in [-0.4, -0.2) is 9.97 Å². The van der Waals surface area contributed by atoms with E-state index in [0.717, 1.165) is 28.3 Å². The van der Waals surface area contributed by atoms with Gasteiger partial charge >= 0.3 is 0 Å². The molecule has 0 aliphatic heterocycles. The van der Waals surface area contributed by atoms with Crippen molar-refractivity contribution in [1.82, 2.24) is 9.97 Å². The Labute approximate surface area is 107 Å². The van der Waals surface area contributed by atoms with E-state index in [4.69, 9.17) is 0 Å². The molecule has 2 heterocycles. The Kier molecular flexibility index (Phi) is 3.90. The quantitative estimate of drug-likeness (QED) is 0.939. The maximum absolute atomic E-state index is 4.18. The molecule has 0 aliphatic rings. The first-order valence-electron chi connectivity index (χ1n) is 5.07. The van der Waals surface area contributed by atoms with Crippen LogP contribution in [0.25, 0.3) is 0 Å². The minimum absolute atomic E-state index is 0.802. The van der Waals surface area contributed by atoms with Crippen molar-refractivity contribution in [2.75, 3.05) is 5.32 Å². The third-order valence-electron chi connectivity index (χ3n) is 2.16. The average molecular weight is 298 g/mol. The van der Waals surface area contributed by atoms with E-state index in [1.807, 2.05) is 6.07 Å². The Morgan fingerprint density at radius 2 is 2.25 bits per heavy atom. The molecule has 3 nitrogen and oxygen atoms in total. The number of thiophene rings is 1. The lowest BCUT2D eigenvalue weighted by molar-refractivity contribution is 0.989. The molecular formula is C11H12BrN3S. The molecule has 0 saturated carbocycles. The maximum Gasteiger partial charge on any atom is 0.129 e. The van der Waals surface area contributed by atoms with E-state index in [1.165, 1.54) is 4.88 Å². The van der Waals surface area contributed by atoms with E-state index in [2.05, 4.69) is 50.3 Å². The molecule has 0 radical (unpaired) electrons. The Hall–Kier alpha value is -0.940. The molecule has 0 aromatic carbocycles. The lowest BCUT2D eigenvalue weighted by atomic mass is 10.3. The van der Waals surface area contributed by atoms with Gasteiger partial charge in [-0.3, -0.25) is 0 Å². The largest absolute Gasteiger partial charge is 0.365 e. The highest BCUT2D eigenvalue weighted by Gasteiger charge is 1.99. The van der Waals surface area contributed by atoms with Gasteiger partial charge in [-0.2, -0.15) is 0 Å². The van der Waals surface area contributed by atoms with Gasteiger partial charge in [0.1, 0.15) is 12.1 Å². The zero-order chi connectivity index (χ0) is 11.4. The van der Waals surface area contributed by atoms with Crippen molar-refractivity contribution < 1.29 is 0 Å². The van der Waals surface area contributed by atoms with Crippen LogP contribution < -0.4 is 5.32 Å². The van der Waals surface area contributed by atoms with Crippen LogP contribution in [0.15, 0.2) is 28.3 Å². The van der Waals surface area contributed by atoms with Crippen molar-refractivity contribution >= 4 is 33.1 Å². The Morgan fingerprint density at radius 3 is 2.94 bits per heavy atom. The second kappa shape index (κ2) is 5.41. The third-order valence-corrected chi connectivity index (χ3v) is 3.78. The fraction of sp³-hybridized carbons (Fsp3) is 0.273. The zero-order valence-corrected chi connectivity index (χ0v) is 11.3. The topological polar surface area (TPSA) is 37.8 Å². The number of aromatic nitrogens is 2. The molecule has 0 spiro atoms. The summed E-state index contributed by atoms with van der Waals surface area (Å²) >= 11 is 5.17. The van der Waals surface area contributed by atoms with Crippen LogP contribution in [0, 0.1) is 0 Å². The van der Waals surface area contributed by atoms with Gasteiger partial charge in [-0.1, -0.05) is 6.92 Å². The molecule has 0 amide bonds. The fourth-order valence-corrected chi connectivity index (χ4v) is 2.73. The molecule has 0 fully saturated rings. The van der Waals surface area contributed by atoms with Gasteiger partial charge in [-0.15, -0.1) is 11.3 Å². The van der Waals surface area contributed by atoms with Gasteiger partial charge in [0, 0.05) is 16.6 Å². The molecule has 5 heteroatoms.